The molecule has 124 valence electrons. The van der Waals surface area contributed by atoms with Gasteiger partial charge < -0.3 is 5.11 Å². The average molecular weight is 303 g/mol. The molecule has 0 saturated heterocycles. The third kappa shape index (κ3) is 9.85. The van der Waals surface area contributed by atoms with Crippen LogP contribution in [0, 0.1) is 23.7 Å². The normalized spacial score (nSPS) is 22.0. The third-order valence-corrected chi connectivity index (χ3v) is 4.37. The second-order valence-corrected chi connectivity index (χ2v) is 6.55. The number of hydrogen-bond acceptors (Lipinski definition) is 1. The van der Waals surface area contributed by atoms with Gasteiger partial charge in [-0.05, 0) is 49.7 Å². The second kappa shape index (κ2) is 12.5. The van der Waals surface area contributed by atoms with Crippen molar-refractivity contribution in [1.29, 1.82) is 0 Å². The number of aliphatic hydroxyl groups excluding tert-OH is 1. The third-order valence-electron chi connectivity index (χ3n) is 4.37. The molecule has 1 saturated carbocycles. The minimum Gasteiger partial charge on any atom is -0.389 e. The standard InChI is InChI=1S/C21H34O/c1-3-5-7-8-11-14-19-18-20(19)15-12-9-13-17-21(22)16-10-6-4-2/h8,11,13,17,19-22H,3-7,10,14-16,18H2,1-2H3/b11-8-,17-13+/t19-,20+,21+/m1/s1. The molecule has 1 aliphatic rings. The van der Waals surface area contributed by atoms with Crippen molar-refractivity contribution in [3.63, 3.8) is 0 Å². The first-order chi connectivity index (χ1) is 10.8. The Morgan fingerprint density at radius 3 is 2.68 bits per heavy atom. The quantitative estimate of drug-likeness (QED) is 0.297. The molecular weight excluding hydrogens is 268 g/mol. The number of allylic oxidation sites excluding steroid dienone is 3. The molecule has 1 nitrogen and oxygen atoms in total. The smallest absolute Gasteiger partial charge is 0.0730 e. The molecular formula is C21H34O. The predicted octanol–water partition coefficient (Wildman–Crippen LogP) is 5.65. The lowest BCUT2D eigenvalue weighted by atomic mass is 10.1. The van der Waals surface area contributed by atoms with Crippen molar-refractivity contribution in [2.45, 2.75) is 84.2 Å². The number of aliphatic hydroxyl groups is 1. The van der Waals surface area contributed by atoms with Crippen LogP contribution in [0.5, 0.6) is 0 Å². The van der Waals surface area contributed by atoms with Crippen molar-refractivity contribution in [2.24, 2.45) is 11.8 Å². The highest BCUT2D eigenvalue weighted by molar-refractivity contribution is 5.17. The molecule has 0 aromatic heterocycles. The Kier molecular flexibility index (Phi) is 10.9. The molecule has 0 spiro atoms. The molecule has 0 aromatic carbocycles. The van der Waals surface area contributed by atoms with Crippen LogP contribution in [0.4, 0.5) is 0 Å². The van der Waals surface area contributed by atoms with Crippen molar-refractivity contribution >= 4 is 0 Å². The van der Waals surface area contributed by atoms with E-state index in [2.05, 4.69) is 37.8 Å². The van der Waals surface area contributed by atoms with Gasteiger partial charge >= 0.3 is 0 Å². The molecule has 0 aliphatic heterocycles. The Morgan fingerprint density at radius 1 is 1.09 bits per heavy atom. The summed E-state index contributed by atoms with van der Waals surface area (Å²) in [4.78, 5) is 0. The zero-order valence-electron chi connectivity index (χ0n) is 14.6. The fraction of sp³-hybridized carbons (Fsp3) is 0.714. The summed E-state index contributed by atoms with van der Waals surface area (Å²) in [6, 6.07) is 0. The molecule has 1 fully saturated rings. The van der Waals surface area contributed by atoms with Crippen molar-refractivity contribution in [1.82, 2.24) is 0 Å². The molecule has 0 amide bonds. The second-order valence-electron chi connectivity index (χ2n) is 6.55. The van der Waals surface area contributed by atoms with Crippen molar-refractivity contribution < 1.29 is 5.11 Å². The van der Waals surface area contributed by atoms with E-state index in [4.69, 9.17) is 0 Å². The zero-order chi connectivity index (χ0) is 16.0. The maximum atomic E-state index is 9.74. The van der Waals surface area contributed by atoms with Crippen LogP contribution in [0.3, 0.4) is 0 Å². The molecule has 1 aliphatic carbocycles. The molecule has 0 bridgehead atoms. The van der Waals surface area contributed by atoms with Gasteiger partial charge in [0.25, 0.3) is 0 Å². The SMILES string of the molecule is CCCC/C=C\C[C@@H]1C[C@@H]1CC#C/C=C/[C@@H](O)CCCCC. The van der Waals surface area contributed by atoms with Crippen LogP contribution in [0.15, 0.2) is 24.3 Å². The number of hydrogen-bond donors (Lipinski definition) is 1. The molecule has 1 rings (SSSR count). The van der Waals surface area contributed by atoms with Gasteiger partial charge in [-0.3, -0.25) is 0 Å². The number of rotatable bonds is 11. The van der Waals surface area contributed by atoms with Gasteiger partial charge in [0.15, 0.2) is 0 Å². The molecule has 0 heterocycles. The summed E-state index contributed by atoms with van der Waals surface area (Å²) in [7, 11) is 0. The van der Waals surface area contributed by atoms with E-state index in [1.807, 2.05) is 12.2 Å². The van der Waals surface area contributed by atoms with Crippen molar-refractivity contribution in [3.8, 4) is 11.8 Å². The molecule has 0 radical (unpaired) electrons. The molecule has 0 unspecified atom stereocenters. The molecule has 0 aromatic rings. The lowest BCUT2D eigenvalue weighted by molar-refractivity contribution is 0.208. The van der Waals surface area contributed by atoms with Crippen LogP contribution >= 0.6 is 0 Å². The van der Waals surface area contributed by atoms with Crippen LogP contribution in [0.1, 0.15) is 78.1 Å². The van der Waals surface area contributed by atoms with Crippen LogP contribution < -0.4 is 0 Å². The van der Waals surface area contributed by atoms with Crippen LogP contribution in [0.25, 0.3) is 0 Å². The van der Waals surface area contributed by atoms with Gasteiger partial charge in [0.05, 0.1) is 6.10 Å². The first-order valence-corrected chi connectivity index (χ1v) is 9.26. The Hall–Kier alpha value is -1.00. The van der Waals surface area contributed by atoms with E-state index in [9.17, 15) is 5.11 Å². The summed E-state index contributed by atoms with van der Waals surface area (Å²) in [5.41, 5.74) is 0. The maximum Gasteiger partial charge on any atom is 0.0730 e. The monoisotopic (exact) mass is 302 g/mol. The molecule has 1 heteroatoms. The van der Waals surface area contributed by atoms with Gasteiger partial charge in [-0.25, -0.2) is 0 Å². The summed E-state index contributed by atoms with van der Waals surface area (Å²) < 4.78 is 0. The zero-order valence-corrected chi connectivity index (χ0v) is 14.6. The first-order valence-electron chi connectivity index (χ1n) is 9.26. The number of unbranched alkanes of at least 4 members (excludes halogenated alkanes) is 4. The summed E-state index contributed by atoms with van der Waals surface area (Å²) in [5.74, 6) is 8.00. The van der Waals surface area contributed by atoms with Crippen LogP contribution in [-0.2, 0) is 0 Å². The molecule has 1 N–H and O–H groups in total. The van der Waals surface area contributed by atoms with E-state index >= 15 is 0 Å². The minimum absolute atomic E-state index is 0.317. The fourth-order valence-corrected chi connectivity index (χ4v) is 2.67. The minimum atomic E-state index is -0.317. The summed E-state index contributed by atoms with van der Waals surface area (Å²) in [6.07, 6.45) is 19.9. The van der Waals surface area contributed by atoms with Gasteiger partial charge in [0, 0.05) is 6.42 Å². The van der Waals surface area contributed by atoms with Gasteiger partial charge in [-0.2, -0.15) is 0 Å². The topological polar surface area (TPSA) is 20.2 Å². The Balaban J connectivity index is 2.04. The first kappa shape index (κ1) is 19.0. The van der Waals surface area contributed by atoms with E-state index in [-0.39, 0.29) is 6.10 Å². The van der Waals surface area contributed by atoms with Crippen molar-refractivity contribution in [2.75, 3.05) is 0 Å². The highest BCUT2D eigenvalue weighted by Gasteiger charge is 2.34. The van der Waals surface area contributed by atoms with Gasteiger partial charge in [0.1, 0.15) is 0 Å². The van der Waals surface area contributed by atoms with Gasteiger partial charge in [-0.15, -0.1) is 0 Å². The summed E-state index contributed by atoms with van der Waals surface area (Å²) in [6.45, 7) is 4.42. The van der Waals surface area contributed by atoms with E-state index in [0.29, 0.717) is 0 Å². The average Bonchev–Trinajstić information content (AvgIpc) is 3.25. The molecule has 22 heavy (non-hydrogen) atoms. The predicted molar refractivity (Wildman–Crippen MR) is 96.6 cm³/mol. The van der Waals surface area contributed by atoms with E-state index < -0.39 is 0 Å². The lowest BCUT2D eigenvalue weighted by Crippen LogP contribution is -2.00. The van der Waals surface area contributed by atoms with Crippen LogP contribution in [0.2, 0.25) is 0 Å². The van der Waals surface area contributed by atoms with Crippen molar-refractivity contribution in [3.05, 3.63) is 24.3 Å². The summed E-state index contributed by atoms with van der Waals surface area (Å²) >= 11 is 0. The maximum absolute atomic E-state index is 9.74. The van der Waals surface area contributed by atoms with Crippen LogP contribution in [-0.4, -0.2) is 11.2 Å². The fourth-order valence-electron chi connectivity index (χ4n) is 2.67. The van der Waals surface area contributed by atoms with Gasteiger partial charge in [-0.1, -0.05) is 69.9 Å². The largest absolute Gasteiger partial charge is 0.389 e. The Bertz CT molecular complexity index is 382. The Labute approximate surface area is 137 Å². The van der Waals surface area contributed by atoms with E-state index in [1.165, 1.54) is 44.9 Å². The lowest BCUT2D eigenvalue weighted by Gasteiger charge is -2.02. The molecule has 3 atom stereocenters. The Morgan fingerprint density at radius 2 is 1.91 bits per heavy atom. The van der Waals surface area contributed by atoms with E-state index in [0.717, 1.165) is 31.1 Å². The summed E-state index contributed by atoms with van der Waals surface area (Å²) in [5, 5.41) is 9.74. The van der Waals surface area contributed by atoms with E-state index in [1.54, 1.807) is 0 Å². The van der Waals surface area contributed by atoms with Gasteiger partial charge in [0.2, 0.25) is 0 Å². The highest BCUT2D eigenvalue weighted by Crippen LogP contribution is 2.43. The highest BCUT2D eigenvalue weighted by atomic mass is 16.3.